The Hall–Kier alpha value is -1.31. The first-order valence-corrected chi connectivity index (χ1v) is 3.82. The number of rotatable bonds is 3. The molecular formula is C10H13O2+. The van der Waals surface area contributed by atoms with Crippen molar-refractivity contribution in [3.63, 3.8) is 0 Å². The second-order valence-corrected chi connectivity index (χ2v) is 2.44. The van der Waals surface area contributed by atoms with Crippen molar-refractivity contribution in [2.45, 2.75) is 6.42 Å². The fourth-order valence-electron chi connectivity index (χ4n) is 1.04. The molecule has 1 aromatic rings. The summed E-state index contributed by atoms with van der Waals surface area (Å²) in [5.41, 5.74) is 1.15. The van der Waals surface area contributed by atoms with E-state index in [2.05, 4.69) is 6.92 Å². The third kappa shape index (κ3) is 1.64. The van der Waals surface area contributed by atoms with E-state index in [1.807, 2.05) is 18.2 Å². The molecule has 0 N–H and O–H groups in total. The van der Waals surface area contributed by atoms with E-state index in [0.29, 0.717) is 0 Å². The third-order valence-electron chi connectivity index (χ3n) is 1.74. The van der Waals surface area contributed by atoms with Crippen molar-refractivity contribution in [1.29, 1.82) is 0 Å². The first kappa shape index (κ1) is 8.78. The molecule has 0 saturated heterocycles. The minimum atomic E-state index is 0.759. The Bertz CT molecular complexity index is 256. The van der Waals surface area contributed by atoms with Gasteiger partial charge in [-0.25, -0.2) is 0 Å². The Balaban J connectivity index is 3.02. The van der Waals surface area contributed by atoms with Crippen LogP contribution in [0.4, 0.5) is 0 Å². The molecule has 0 heterocycles. The molecule has 0 aliphatic heterocycles. The van der Waals surface area contributed by atoms with Crippen molar-refractivity contribution in [3.05, 3.63) is 30.7 Å². The monoisotopic (exact) mass is 165 g/mol. The summed E-state index contributed by atoms with van der Waals surface area (Å²) in [4.78, 5) is 0. The first-order valence-electron chi connectivity index (χ1n) is 3.82. The van der Waals surface area contributed by atoms with Crippen LogP contribution in [0, 0.1) is 6.92 Å². The van der Waals surface area contributed by atoms with E-state index >= 15 is 0 Å². The van der Waals surface area contributed by atoms with Crippen molar-refractivity contribution in [2.75, 3.05) is 14.2 Å². The Morgan fingerprint density at radius 1 is 1.17 bits per heavy atom. The molecule has 1 rings (SSSR count). The quantitative estimate of drug-likeness (QED) is 0.638. The molecule has 12 heavy (non-hydrogen) atoms. The van der Waals surface area contributed by atoms with Crippen LogP contribution in [0.1, 0.15) is 5.56 Å². The molecule has 0 aliphatic carbocycles. The summed E-state index contributed by atoms with van der Waals surface area (Å²) in [5.74, 6) is 1.52. The molecule has 0 aromatic heterocycles. The normalized spacial score (nSPS) is 9.50. The standard InChI is InChI=1S/C10H13O2/c1-4-8-5-6-9(11-2)10(7-8)12-3/h5-7H,1,4H2,2-3H3/q+1. The van der Waals surface area contributed by atoms with Gasteiger partial charge in [-0.1, -0.05) is 6.07 Å². The van der Waals surface area contributed by atoms with Crippen molar-refractivity contribution < 1.29 is 9.47 Å². The van der Waals surface area contributed by atoms with Crippen molar-refractivity contribution >= 4 is 0 Å². The van der Waals surface area contributed by atoms with Crippen molar-refractivity contribution in [1.82, 2.24) is 0 Å². The molecule has 0 fully saturated rings. The second kappa shape index (κ2) is 3.90. The smallest absolute Gasteiger partial charge is 0.161 e. The van der Waals surface area contributed by atoms with Gasteiger partial charge in [0.15, 0.2) is 11.5 Å². The maximum Gasteiger partial charge on any atom is 0.161 e. The molecule has 64 valence electrons. The Morgan fingerprint density at radius 3 is 2.33 bits per heavy atom. The largest absolute Gasteiger partial charge is 0.493 e. The van der Waals surface area contributed by atoms with E-state index in [0.717, 1.165) is 23.5 Å². The van der Waals surface area contributed by atoms with E-state index in [9.17, 15) is 0 Å². The minimum absolute atomic E-state index is 0.759. The van der Waals surface area contributed by atoms with Crippen LogP contribution < -0.4 is 9.47 Å². The lowest BCUT2D eigenvalue weighted by atomic mass is 10.1. The number of hydrogen-bond donors (Lipinski definition) is 0. The molecule has 0 unspecified atom stereocenters. The van der Waals surface area contributed by atoms with Crippen LogP contribution in [0.3, 0.4) is 0 Å². The second-order valence-electron chi connectivity index (χ2n) is 2.44. The van der Waals surface area contributed by atoms with Crippen LogP contribution in [-0.2, 0) is 6.42 Å². The summed E-state index contributed by atoms with van der Waals surface area (Å²) in [6.07, 6.45) is 0.764. The maximum absolute atomic E-state index is 5.13. The predicted molar refractivity (Wildman–Crippen MR) is 48.6 cm³/mol. The summed E-state index contributed by atoms with van der Waals surface area (Å²) in [5, 5.41) is 0. The van der Waals surface area contributed by atoms with Crippen LogP contribution >= 0.6 is 0 Å². The van der Waals surface area contributed by atoms with Gasteiger partial charge in [-0.15, -0.1) is 0 Å². The van der Waals surface area contributed by atoms with Gasteiger partial charge in [0, 0.05) is 0 Å². The van der Waals surface area contributed by atoms with Gasteiger partial charge in [-0.05, 0) is 17.7 Å². The molecule has 0 atom stereocenters. The number of hydrogen-bond acceptors (Lipinski definition) is 2. The highest BCUT2D eigenvalue weighted by Crippen LogP contribution is 2.27. The molecule has 0 amide bonds. The van der Waals surface area contributed by atoms with E-state index in [-0.39, 0.29) is 0 Å². The summed E-state index contributed by atoms with van der Waals surface area (Å²) >= 11 is 0. The lowest BCUT2D eigenvalue weighted by Crippen LogP contribution is -1.91. The number of benzene rings is 1. The van der Waals surface area contributed by atoms with Gasteiger partial charge in [0.05, 0.1) is 21.1 Å². The molecular weight excluding hydrogens is 152 g/mol. The minimum Gasteiger partial charge on any atom is -0.493 e. The highest BCUT2D eigenvalue weighted by atomic mass is 16.5. The summed E-state index contributed by atoms with van der Waals surface area (Å²) in [6.45, 7) is 3.79. The molecule has 2 nitrogen and oxygen atoms in total. The Labute approximate surface area is 73.1 Å². The van der Waals surface area contributed by atoms with Crippen LogP contribution in [0.5, 0.6) is 11.5 Å². The van der Waals surface area contributed by atoms with Gasteiger partial charge in [-0.3, -0.25) is 0 Å². The van der Waals surface area contributed by atoms with Crippen LogP contribution in [-0.4, -0.2) is 14.2 Å². The third-order valence-corrected chi connectivity index (χ3v) is 1.74. The zero-order chi connectivity index (χ0) is 8.97. The molecule has 0 bridgehead atoms. The SMILES string of the molecule is [CH2+]Cc1ccc(OC)c(OC)c1. The van der Waals surface area contributed by atoms with Crippen molar-refractivity contribution in [2.24, 2.45) is 0 Å². The van der Waals surface area contributed by atoms with Gasteiger partial charge >= 0.3 is 0 Å². The van der Waals surface area contributed by atoms with Gasteiger partial charge in [0.1, 0.15) is 6.42 Å². The van der Waals surface area contributed by atoms with Crippen LogP contribution in [0.15, 0.2) is 18.2 Å². The molecule has 0 radical (unpaired) electrons. The predicted octanol–water partition coefficient (Wildman–Crippen LogP) is 2.08. The van der Waals surface area contributed by atoms with Gasteiger partial charge in [-0.2, -0.15) is 0 Å². The van der Waals surface area contributed by atoms with Gasteiger partial charge in [0.2, 0.25) is 0 Å². The number of methoxy groups -OCH3 is 2. The molecule has 1 aromatic carbocycles. The highest BCUT2D eigenvalue weighted by Gasteiger charge is 2.03. The van der Waals surface area contributed by atoms with E-state index in [1.165, 1.54) is 0 Å². The average molecular weight is 165 g/mol. The van der Waals surface area contributed by atoms with E-state index in [1.54, 1.807) is 14.2 Å². The van der Waals surface area contributed by atoms with Gasteiger partial charge < -0.3 is 9.47 Å². The first-order chi connectivity index (χ1) is 5.81. The van der Waals surface area contributed by atoms with Gasteiger partial charge in [0.25, 0.3) is 0 Å². The lowest BCUT2D eigenvalue weighted by Gasteiger charge is -2.07. The van der Waals surface area contributed by atoms with E-state index < -0.39 is 0 Å². The van der Waals surface area contributed by atoms with Crippen LogP contribution in [0.25, 0.3) is 0 Å². The fourth-order valence-corrected chi connectivity index (χ4v) is 1.04. The Morgan fingerprint density at radius 2 is 1.83 bits per heavy atom. The van der Waals surface area contributed by atoms with Crippen LogP contribution in [0.2, 0.25) is 0 Å². The molecule has 0 saturated carbocycles. The zero-order valence-electron chi connectivity index (χ0n) is 7.46. The Kier molecular flexibility index (Phi) is 2.86. The highest BCUT2D eigenvalue weighted by molar-refractivity contribution is 5.42. The molecule has 0 spiro atoms. The van der Waals surface area contributed by atoms with E-state index in [4.69, 9.17) is 9.47 Å². The average Bonchev–Trinajstić information content (AvgIpc) is 2.16. The summed E-state index contributed by atoms with van der Waals surface area (Å²) in [7, 11) is 3.26. The number of ether oxygens (including phenoxy) is 2. The topological polar surface area (TPSA) is 18.5 Å². The lowest BCUT2D eigenvalue weighted by molar-refractivity contribution is 0.354. The van der Waals surface area contributed by atoms with Crippen molar-refractivity contribution in [3.8, 4) is 11.5 Å². The molecule has 2 heteroatoms. The maximum atomic E-state index is 5.13. The fraction of sp³-hybridized carbons (Fsp3) is 0.300. The summed E-state index contributed by atoms with van der Waals surface area (Å²) < 4.78 is 10.2. The zero-order valence-corrected chi connectivity index (χ0v) is 7.46. The molecule has 0 aliphatic rings. The summed E-state index contributed by atoms with van der Waals surface area (Å²) in [6, 6.07) is 5.81.